The van der Waals surface area contributed by atoms with Crippen LogP contribution in [0.3, 0.4) is 0 Å². The molecular weight excluding hydrogens is 146 g/mol. The van der Waals surface area contributed by atoms with Gasteiger partial charge < -0.3 is 4.90 Å². The summed E-state index contributed by atoms with van der Waals surface area (Å²) in [4.78, 5) is 2.38. The van der Waals surface area contributed by atoms with E-state index in [9.17, 15) is 0 Å². The predicted molar refractivity (Wildman–Crippen MR) is 52.0 cm³/mol. The molecule has 0 amide bonds. The Morgan fingerprint density at radius 3 is 2.75 bits per heavy atom. The van der Waals surface area contributed by atoms with E-state index in [4.69, 9.17) is 0 Å². The van der Waals surface area contributed by atoms with Crippen molar-refractivity contribution in [2.75, 3.05) is 20.1 Å². The Kier molecular flexibility index (Phi) is 2.13. The molecule has 64 valence electrons. The van der Waals surface area contributed by atoms with E-state index in [1.54, 1.807) is 5.57 Å². The second-order valence-electron chi connectivity index (χ2n) is 3.58. The maximum atomic E-state index is 2.38. The van der Waals surface area contributed by atoms with Gasteiger partial charge in [0, 0.05) is 13.1 Å². The van der Waals surface area contributed by atoms with Crippen molar-refractivity contribution in [1.82, 2.24) is 4.90 Å². The lowest BCUT2D eigenvalue weighted by molar-refractivity contribution is 0.354. The van der Waals surface area contributed by atoms with Gasteiger partial charge in [-0.2, -0.15) is 0 Å². The molecule has 1 heterocycles. The van der Waals surface area contributed by atoms with Crippen molar-refractivity contribution in [3.05, 3.63) is 35.5 Å². The maximum absolute atomic E-state index is 2.38. The van der Waals surface area contributed by atoms with Gasteiger partial charge in [-0.25, -0.2) is 0 Å². The lowest BCUT2D eigenvalue weighted by Gasteiger charge is -2.24. The molecule has 0 radical (unpaired) electrons. The van der Waals surface area contributed by atoms with Crippen LogP contribution in [0, 0.1) is 0 Å². The molecule has 0 bridgehead atoms. The second kappa shape index (κ2) is 3.28. The van der Waals surface area contributed by atoms with E-state index in [0.29, 0.717) is 0 Å². The Bertz CT molecular complexity index is 258. The monoisotopic (exact) mass is 161 g/mol. The smallest absolute Gasteiger partial charge is 0.0233 e. The summed E-state index contributed by atoms with van der Waals surface area (Å²) in [7, 11) is 2.19. The first-order chi connectivity index (χ1) is 5.86. The summed E-state index contributed by atoms with van der Waals surface area (Å²) in [6, 6.07) is 0. The molecular formula is C11H15N. The molecule has 0 saturated carbocycles. The van der Waals surface area contributed by atoms with E-state index in [1.807, 2.05) is 0 Å². The number of rotatable bonds is 0. The first kappa shape index (κ1) is 7.81. The van der Waals surface area contributed by atoms with Crippen LogP contribution < -0.4 is 0 Å². The SMILES string of the molecule is CN1CCC2=C(C=CCC=C2)C1. The molecule has 0 saturated heterocycles. The van der Waals surface area contributed by atoms with Crippen molar-refractivity contribution in [2.24, 2.45) is 0 Å². The van der Waals surface area contributed by atoms with Gasteiger partial charge in [0.15, 0.2) is 0 Å². The van der Waals surface area contributed by atoms with Crippen molar-refractivity contribution in [3.8, 4) is 0 Å². The molecule has 0 aromatic carbocycles. The zero-order chi connectivity index (χ0) is 8.39. The highest BCUT2D eigenvalue weighted by molar-refractivity contribution is 5.38. The topological polar surface area (TPSA) is 3.24 Å². The fraction of sp³-hybridized carbons (Fsp3) is 0.455. The van der Waals surface area contributed by atoms with Gasteiger partial charge in [-0.1, -0.05) is 24.3 Å². The van der Waals surface area contributed by atoms with E-state index in [-0.39, 0.29) is 0 Å². The minimum Gasteiger partial charge on any atom is -0.302 e. The normalized spacial score (nSPS) is 24.1. The predicted octanol–water partition coefficient (Wildman–Crippen LogP) is 2.13. The average Bonchev–Trinajstić information content (AvgIpc) is 2.28. The maximum Gasteiger partial charge on any atom is 0.0233 e. The Balaban J connectivity index is 2.27. The van der Waals surface area contributed by atoms with Crippen LogP contribution in [-0.4, -0.2) is 25.0 Å². The molecule has 2 rings (SSSR count). The van der Waals surface area contributed by atoms with Gasteiger partial charge in [0.05, 0.1) is 0 Å². The third kappa shape index (κ3) is 1.51. The van der Waals surface area contributed by atoms with Crippen molar-refractivity contribution in [1.29, 1.82) is 0 Å². The van der Waals surface area contributed by atoms with Crippen molar-refractivity contribution in [3.63, 3.8) is 0 Å². The zero-order valence-electron chi connectivity index (χ0n) is 7.59. The highest BCUT2D eigenvalue weighted by atomic mass is 15.1. The fourth-order valence-corrected chi connectivity index (χ4v) is 1.79. The van der Waals surface area contributed by atoms with Gasteiger partial charge >= 0.3 is 0 Å². The van der Waals surface area contributed by atoms with E-state index in [1.165, 1.54) is 18.5 Å². The number of nitrogens with zero attached hydrogens (tertiary/aromatic N) is 1. The molecule has 1 aliphatic carbocycles. The number of allylic oxidation sites excluding steroid dienone is 3. The van der Waals surface area contributed by atoms with Crippen molar-refractivity contribution in [2.45, 2.75) is 12.8 Å². The van der Waals surface area contributed by atoms with Crippen molar-refractivity contribution < 1.29 is 0 Å². The summed E-state index contributed by atoms with van der Waals surface area (Å²) in [5.41, 5.74) is 3.05. The number of hydrogen-bond acceptors (Lipinski definition) is 1. The van der Waals surface area contributed by atoms with Crippen LogP contribution in [0.15, 0.2) is 35.5 Å². The molecule has 2 aliphatic rings. The quantitative estimate of drug-likeness (QED) is 0.526. The minimum atomic E-state index is 1.09. The Hall–Kier alpha value is -0.820. The van der Waals surface area contributed by atoms with Crippen LogP contribution in [0.2, 0.25) is 0 Å². The molecule has 1 aliphatic heterocycles. The third-order valence-electron chi connectivity index (χ3n) is 2.53. The number of hydrogen-bond donors (Lipinski definition) is 0. The molecule has 1 nitrogen and oxygen atoms in total. The molecule has 0 atom stereocenters. The highest BCUT2D eigenvalue weighted by Crippen LogP contribution is 2.21. The molecule has 0 spiro atoms. The second-order valence-corrected chi connectivity index (χ2v) is 3.58. The lowest BCUT2D eigenvalue weighted by atomic mass is 10.0. The molecule has 0 unspecified atom stereocenters. The first-order valence-corrected chi connectivity index (χ1v) is 4.60. The van der Waals surface area contributed by atoms with Crippen LogP contribution in [0.1, 0.15) is 12.8 Å². The number of likely N-dealkylation sites (N-methyl/N-ethyl adjacent to an activating group) is 1. The molecule has 0 fully saturated rings. The zero-order valence-corrected chi connectivity index (χ0v) is 7.59. The summed E-state index contributed by atoms with van der Waals surface area (Å²) >= 11 is 0. The standard InChI is InChI=1S/C11H15N/c1-12-8-7-10-5-3-2-4-6-11(10)9-12/h3-6H,2,7-9H2,1H3. The minimum absolute atomic E-state index is 1.09. The van der Waals surface area contributed by atoms with Gasteiger partial charge in [0.2, 0.25) is 0 Å². The Morgan fingerprint density at radius 1 is 1.17 bits per heavy atom. The first-order valence-electron chi connectivity index (χ1n) is 4.60. The van der Waals surface area contributed by atoms with Gasteiger partial charge in [-0.3, -0.25) is 0 Å². The van der Waals surface area contributed by atoms with Gasteiger partial charge in [0.1, 0.15) is 0 Å². The van der Waals surface area contributed by atoms with Crippen LogP contribution in [0.25, 0.3) is 0 Å². The van der Waals surface area contributed by atoms with E-state index in [2.05, 4.69) is 36.3 Å². The third-order valence-corrected chi connectivity index (χ3v) is 2.53. The van der Waals surface area contributed by atoms with Gasteiger partial charge in [-0.05, 0) is 31.0 Å². The fourth-order valence-electron chi connectivity index (χ4n) is 1.79. The molecule has 1 heteroatoms. The average molecular weight is 161 g/mol. The van der Waals surface area contributed by atoms with Crippen LogP contribution in [-0.2, 0) is 0 Å². The molecule has 0 N–H and O–H groups in total. The lowest BCUT2D eigenvalue weighted by Crippen LogP contribution is -2.26. The van der Waals surface area contributed by atoms with Gasteiger partial charge in [-0.15, -0.1) is 0 Å². The van der Waals surface area contributed by atoms with Crippen molar-refractivity contribution >= 4 is 0 Å². The Labute approximate surface area is 74.1 Å². The summed E-state index contributed by atoms with van der Waals surface area (Å²) < 4.78 is 0. The van der Waals surface area contributed by atoms with Crippen LogP contribution in [0.5, 0.6) is 0 Å². The van der Waals surface area contributed by atoms with E-state index >= 15 is 0 Å². The molecule has 0 aromatic rings. The molecule has 0 aromatic heterocycles. The largest absolute Gasteiger partial charge is 0.302 e. The van der Waals surface area contributed by atoms with Crippen LogP contribution in [0.4, 0.5) is 0 Å². The summed E-state index contributed by atoms with van der Waals surface area (Å²) in [5.74, 6) is 0. The summed E-state index contributed by atoms with van der Waals surface area (Å²) in [6.45, 7) is 2.33. The van der Waals surface area contributed by atoms with Gasteiger partial charge in [0.25, 0.3) is 0 Å². The summed E-state index contributed by atoms with van der Waals surface area (Å²) in [6.07, 6.45) is 11.4. The Morgan fingerprint density at radius 2 is 1.92 bits per heavy atom. The van der Waals surface area contributed by atoms with E-state index < -0.39 is 0 Å². The summed E-state index contributed by atoms with van der Waals surface area (Å²) in [5, 5.41) is 0. The van der Waals surface area contributed by atoms with Crippen LogP contribution >= 0.6 is 0 Å². The van der Waals surface area contributed by atoms with E-state index in [0.717, 1.165) is 13.0 Å². The molecule has 12 heavy (non-hydrogen) atoms. The highest BCUT2D eigenvalue weighted by Gasteiger charge is 2.12.